The summed E-state index contributed by atoms with van der Waals surface area (Å²) in [6.45, 7) is 3.59. The van der Waals surface area contributed by atoms with Crippen molar-refractivity contribution in [3.05, 3.63) is 46.5 Å². The van der Waals surface area contributed by atoms with Crippen LogP contribution in [-0.2, 0) is 6.18 Å². The van der Waals surface area contributed by atoms with Gasteiger partial charge in [-0.1, -0.05) is 44.7 Å². The van der Waals surface area contributed by atoms with E-state index in [1.807, 2.05) is 0 Å². The van der Waals surface area contributed by atoms with Crippen LogP contribution in [0.25, 0.3) is 22.3 Å². The number of benzene rings is 2. The molecule has 2 aliphatic rings. The van der Waals surface area contributed by atoms with Crippen molar-refractivity contribution in [1.82, 2.24) is 0 Å². The molecule has 2 aliphatic carbocycles. The van der Waals surface area contributed by atoms with Gasteiger partial charge in [0, 0.05) is 11.1 Å². The Morgan fingerprint density at radius 2 is 1.60 bits per heavy atom. The van der Waals surface area contributed by atoms with Crippen molar-refractivity contribution in [1.29, 1.82) is 0 Å². The molecule has 0 radical (unpaired) electrons. The second-order valence-electron chi connectivity index (χ2n) is 8.91. The average molecular weight is 422 g/mol. The molecule has 4 rings (SSSR count). The van der Waals surface area contributed by atoms with Gasteiger partial charge in [-0.15, -0.1) is 0 Å². The van der Waals surface area contributed by atoms with E-state index < -0.39 is 23.4 Å². The van der Waals surface area contributed by atoms with Crippen molar-refractivity contribution >= 4 is 0 Å². The fourth-order valence-corrected chi connectivity index (χ4v) is 5.34. The van der Waals surface area contributed by atoms with Crippen molar-refractivity contribution < 1.29 is 22.0 Å². The van der Waals surface area contributed by atoms with Crippen molar-refractivity contribution in [3.63, 3.8) is 0 Å². The summed E-state index contributed by atoms with van der Waals surface area (Å²) in [5.41, 5.74) is -0.0271. The lowest BCUT2D eigenvalue weighted by Crippen LogP contribution is -2.21. The monoisotopic (exact) mass is 422 g/mol. The van der Waals surface area contributed by atoms with Gasteiger partial charge in [0.05, 0.1) is 5.56 Å². The number of hydrogen-bond donors (Lipinski definition) is 0. The van der Waals surface area contributed by atoms with E-state index in [2.05, 4.69) is 6.92 Å². The van der Waals surface area contributed by atoms with Crippen molar-refractivity contribution in [2.45, 2.75) is 77.3 Å². The van der Waals surface area contributed by atoms with Crippen LogP contribution < -0.4 is 0 Å². The minimum atomic E-state index is -4.61. The van der Waals surface area contributed by atoms with Crippen LogP contribution >= 0.6 is 0 Å². The van der Waals surface area contributed by atoms with E-state index in [0.29, 0.717) is 17.0 Å². The van der Waals surface area contributed by atoms with Gasteiger partial charge < -0.3 is 0 Å². The third kappa shape index (κ3) is 3.54. The number of hydrogen-bond acceptors (Lipinski definition) is 0. The maximum Gasteiger partial charge on any atom is 0.417 e. The quantitative estimate of drug-likeness (QED) is 0.285. The van der Waals surface area contributed by atoms with Crippen molar-refractivity contribution in [2.24, 2.45) is 5.92 Å². The summed E-state index contributed by atoms with van der Waals surface area (Å²) in [4.78, 5) is 0. The Hall–Kier alpha value is -1.91. The van der Waals surface area contributed by atoms with Crippen LogP contribution in [0, 0.1) is 24.5 Å². The summed E-state index contributed by atoms with van der Waals surface area (Å²) in [5.74, 6) is -1.83. The molecular weight excluding hydrogens is 395 g/mol. The van der Waals surface area contributed by atoms with E-state index in [0.717, 1.165) is 38.5 Å². The molecule has 0 aromatic heterocycles. The minimum Gasteiger partial charge on any atom is -0.203 e. The SMILES string of the molecule is CCCCCC1CCC(c2ccc3c(c2C(F)(F)F)-c2c-3cc(C)c(F)c2F)CC1. The summed E-state index contributed by atoms with van der Waals surface area (Å²) in [6, 6.07) is 4.67. The molecule has 0 bridgehead atoms. The van der Waals surface area contributed by atoms with Crippen LogP contribution in [0.1, 0.15) is 80.9 Å². The Kier molecular flexibility index (Phi) is 5.67. The lowest BCUT2D eigenvalue weighted by atomic mass is 9.70. The molecule has 0 atom stereocenters. The van der Waals surface area contributed by atoms with E-state index in [1.165, 1.54) is 25.8 Å². The maximum absolute atomic E-state index is 14.6. The first-order valence-corrected chi connectivity index (χ1v) is 11.0. The summed E-state index contributed by atoms with van der Waals surface area (Å²) < 4.78 is 71.1. The molecule has 0 spiro atoms. The molecule has 0 N–H and O–H groups in total. The summed E-state index contributed by atoms with van der Waals surface area (Å²) in [6.07, 6.45) is 3.38. The largest absolute Gasteiger partial charge is 0.417 e. The van der Waals surface area contributed by atoms with Gasteiger partial charge in [-0.25, -0.2) is 8.78 Å². The van der Waals surface area contributed by atoms with E-state index in [1.54, 1.807) is 12.1 Å². The Morgan fingerprint density at radius 3 is 2.23 bits per heavy atom. The fourth-order valence-electron chi connectivity index (χ4n) is 5.34. The normalized spacial score (nSPS) is 20.5. The van der Waals surface area contributed by atoms with Gasteiger partial charge in [-0.3, -0.25) is 0 Å². The van der Waals surface area contributed by atoms with Crippen LogP contribution in [-0.4, -0.2) is 0 Å². The highest BCUT2D eigenvalue weighted by molar-refractivity contribution is 6.05. The van der Waals surface area contributed by atoms with Gasteiger partial charge in [0.1, 0.15) is 0 Å². The van der Waals surface area contributed by atoms with E-state index in [4.69, 9.17) is 0 Å². The fraction of sp³-hybridized carbons (Fsp3) is 0.520. The van der Waals surface area contributed by atoms with Crippen molar-refractivity contribution in [3.8, 4) is 22.3 Å². The van der Waals surface area contributed by atoms with Gasteiger partial charge in [0.2, 0.25) is 0 Å². The smallest absolute Gasteiger partial charge is 0.203 e. The number of aryl methyl sites for hydroxylation is 1. The zero-order valence-corrected chi connectivity index (χ0v) is 17.4. The highest BCUT2D eigenvalue weighted by atomic mass is 19.4. The maximum atomic E-state index is 14.6. The first kappa shape index (κ1) is 21.3. The minimum absolute atomic E-state index is 0.107. The van der Waals surface area contributed by atoms with Crippen LogP contribution in [0.4, 0.5) is 22.0 Å². The molecule has 0 aliphatic heterocycles. The molecule has 5 heteroatoms. The molecule has 0 nitrogen and oxygen atoms in total. The molecule has 2 aromatic carbocycles. The van der Waals surface area contributed by atoms with Crippen LogP contribution in [0.15, 0.2) is 18.2 Å². The average Bonchev–Trinajstić information content (AvgIpc) is 2.70. The lowest BCUT2D eigenvalue weighted by molar-refractivity contribution is -0.138. The highest BCUT2D eigenvalue weighted by Crippen LogP contribution is 2.57. The van der Waals surface area contributed by atoms with E-state index in [9.17, 15) is 22.0 Å². The highest BCUT2D eigenvalue weighted by Gasteiger charge is 2.44. The molecule has 30 heavy (non-hydrogen) atoms. The predicted octanol–water partition coefficient (Wildman–Crippen LogP) is 8.79. The number of rotatable bonds is 5. The predicted molar refractivity (Wildman–Crippen MR) is 109 cm³/mol. The summed E-state index contributed by atoms with van der Waals surface area (Å²) in [5, 5.41) is 0. The molecular formula is C25H27F5. The molecule has 2 aromatic rings. The zero-order valence-electron chi connectivity index (χ0n) is 17.4. The Balaban J connectivity index is 1.67. The molecule has 162 valence electrons. The molecule has 0 amide bonds. The molecule has 0 heterocycles. The van der Waals surface area contributed by atoms with Crippen LogP contribution in [0.5, 0.6) is 0 Å². The Morgan fingerprint density at radius 1 is 0.900 bits per heavy atom. The standard InChI is InChI=1S/C25H27F5/c1-3-4-5-6-15-7-9-16(10-8-15)17-11-12-18-19-13-14(2)23(26)24(27)21(19)20(18)22(17)25(28,29)30/h11-13,15-16H,3-10H2,1-2H3. The number of halogens is 5. The van der Waals surface area contributed by atoms with Crippen LogP contribution in [0.3, 0.4) is 0 Å². The summed E-state index contributed by atoms with van der Waals surface area (Å²) >= 11 is 0. The Bertz CT molecular complexity index is 949. The second-order valence-corrected chi connectivity index (χ2v) is 8.91. The first-order valence-electron chi connectivity index (χ1n) is 11.0. The van der Waals surface area contributed by atoms with Crippen LogP contribution in [0.2, 0.25) is 0 Å². The lowest BCUT2D eigenvalue weighted by Gasteiger charge is -2.34. The van der Waals surface area contributed by atoms with Gasteiger partial charge in [-0.2, -0.15) is 13.2 Å². The molecule has 1 fully saturated rings. The van der Waals surface area contributed by atoms with Gasteiger partial charge in [0.25, 0.3) is 0 Å². The van der Waals surface area contributed by atoms with Gasteiger partial charge >= 0.3 is 6.18 Å². The third-order valence-electron chi connectivity index (χ3n) is 6.95. The van der Waals surface area contributed by atoms with Crippen molar-refractivity contribution in [2.75, 3.05) is 0 Å². The number of unbranched alkanes of at least 4 members (excludes halogenated alkanes) is 2. The Labute approximate surface area is 174 Å². The number of alkyl halides is 3. The van der Waals surface area contributed by atoms with Gasteiger partial charge in [-0.05, 0) is 72.8 Å². The molecule has 1 saturated carbocycles. The van der Waals surface area contributed by atoms with E-state index >= 15 is 0 Å². The topological polar surface area (TPSA) is 0 Å². The second kappa shape index (κ2) is 7.97. The van der Waals surface area contributed by atoms with Gasteiger partial charge in [0.15, 0.2) is 11.6 Å². The zero-order chi connectivity index (χ0) is 21.6. The van der Waals surface area contributed by atoms with E-state index in [-0.39, 0.29) is 28.2 Å². The third-order valence-corrected chi connectivity index (χ3v) is 6.95. The molecule has 0 saturated heterocycles. The first-order chi connectivity index (χ1) is 14.2. The summed E-state index contributed by atoms with van der Waals surface area (Å²) in [7, 11) is 0. The molecule has 0 unspecified atom stereocenters. The number of fused-ring (bicyclic) bond motifs is 4.